The zero-order valence-corrected chi connectivity index (χ0v) is 19.9. The fourth-order valence-corrected chi connectivity index (χ4v) is 4.10. The minimum Gasteiger partial charge on any atom is -0.376 e. The Morgan fingerprint density at radius 1 is 1.03 bits per heavy atom. The number of nitrogens with two attached hydrogens (primary N) is 1. The predicted octanol–water partition coefficient (Wildman–Crippen LogP) is 3.57. The van der Waals surface area contributed by atoms with Crippen molar-refractivity contribution >= 4 is 34.4 Å². The number of halogens is 5. The van der Waals surface area contributed by atoms with E-state index in [0.717, 1.165) is 17.0 Å². The lowest BCUT2D eigenvalue weighted by atomic mass is 9.81. The van der Waals surface area contributed by atoms with E-state index in [0.29, 0.717) is 5.56 Å². The number of hydrogen-bond acceptors (Lipinski definition) is 7. The molecule has 0 saturated carbocycles. The Morgan fingerprint density at radius 3 is 2.25 bits per heavy atom. The monoisotopic (exact) mass is 544 g/mol. The number of aliphatic imine (C=N–C) groups is 1. The molecule has 1 amide bonds. The van der Waals surface area contributed by atoms with E-state index in [-0.39, 0.29) is 35.1 Å². The van der Waals surface area contributed by atoms with E-state index >= 15 is 0 Å². The topological polar surface area (TPSA) is 115 Å². The highest BCUT2D eigenvalue weighted by molar-refractivity contribution is 7.88. The molecule has 4 rings (SSSR count). The van der Waals surface area contributed by atoms with Gasteiger partial charge in [0.1, 0.15) is 5.75 Å². The highest BCUT2D eigenvalue weighted by Gasteiger charge is 2.51. The standard InChI is InChI=1S/C22H16F4N4O4S.ClH/c1-30-19(31)21(29-20(30)27,14-6-2-5-13(11-14)17-9-4-10-28-18(17)23)15-7-3-8-16(12-15)34-35(32,33)22(24,25)26;/h2-12H,1H3,(H2,27,29);1H. The number of amides is 1. The van der Waals surface area contributed by atoms with Crippen LogP contribution in [0.2, 0.25) is 0 Å². The number of aromatic nitrogens is 1. The SMILES string of the molecule is CN1C(=O)C(c2cccc(OS(=O)(=O)C(F)(F)F)c2)(c2cccc(-c3cccnc3F)c2)N=C1N.Cl. The normalized spacial score (nSPS) is 18.0. The summed E-state index contributed by atoms with van der Waals surface area (Å²) >= 11 is 0. The molecule has 0 spiro atoms. The first-order valence-corrected chi connectivity index (χ1v) is 11.2. The summed E-state index contributed by atoms with van der Waals surface area (Å²) < 4.78 is 80.0. The van der Waals surface area contributed by atoms with Gasteiger partial charge in [0.2, 0.25) is 5.95 Å². The number of pyridine rings is 1. The highest BCUT2D eigenvalue weighted by atomic mass is 35.5. The average Bonchev–Trinajstić information content (AvgIpc) is 3.03. The fraction of sp³-hybridized carbons (Fsp3) is 0.136. The van der Waals surface area contributed by atoms with Crippen LogP contribution in [0, 0.1) is 5.95 Å². The van der Waals surface area contributed by atoms with Crippen molar-refractivity contribution in [3.8, 4) is 16.9 Å². The van der Waals surface area contributed by atoms with Crippen LogP contribution in [0.3, 0.4) is 0 Å². The summed E-state index contributed by atoms with van der Waals surface area (Å²) in [5, 5.41) is 0. The van der Waals surface area contributed by atoms with Crippen molar-refractivity contribution in [2.75, 3.05) is 7.05 Å². The fourth-order valence-electron chi connectivity index (χ4n) is 3.64. The number of hydrogen-bond donors (Lipinski definition) is 1. The van der Waals surface area contributed by atoms with Crippen LogP contribution in [0.5, 0.6) is 5.75 Å². The molecule has 190 valence electrons. The van der Waals surface area contributed by atoms with E-state index in [2.05, 4.69) is 14.2 Å². The Hall–Kier alpha value is -3.71. The van der Waals surface area contributed by atoms with E-state index in [1.165, 1.54) is 55.7 Å². The summed E-state index contributed by atoms with van der Waals surface area (Å²) in [5.41, 5.74) is -1.01. The lowest BCUT2D eigenvalue weighted by Crippen LogP contribution is -2.41. The molecule has 2 heterocycles. The summed E-state index contributed by atoms with van der Waals surface area (Å²) in [6.07, 6.45) is 1.27. The Balaban J connectivity index is 0.00000361. The van der Waals surface area contributed by atoms with Crippen LogP contribution in [0.4, 0.5) is 17.6 Å². The minimum atomic E-state index is -5.96. The lowest BCUT2D eigenvalue weighted by molar-refractivity contribution is -0.129. The van der Waals surface area contributed by atoms with Crippen LogP contribution in [-0.2, 0) is 20.5 Å². The number of nitrogens with zero attached hydrogens (tertiary/aromatic N) is 3. The Kier molecular flexibility index (Phi) is 7.01. The van der Waals surface area contributed by atoms with Gasteiger partial charge in [0.05, 0.1) is 0 Å². The van der Waals surface area contributed by atoms with Crippen LogP contribution < -0.4 is 9.92 Å². The van der Waals surface area contributed by atoms with Crippen LogP contribution in [0.1, 0.15) is 11.1 Å². The molecule has 8 nitrogen and oxygen atoms in total. The summed E-state index contributed by atoms with van der Waals surface area (Å²) in [6.45, 7) is 0. The van der Waals surface area contributed by atoms with Gasteiger partial charge in [-0.05, 0) is 47.0 Å². The maximum atomic E-state index is 14.3. The minimum absolute atomic E-state index is 0. The maximum absolute atomic E-state index is 14.3. The smallest absolute Gasteiger partial charge is 0.376 e. The number of likely N-dealkylation sites (N-methyl/N-ethyl adjacent to an activating group) is 1. The van der Waals surface area contributed by atoms with Gasteiger partial charge in [-0.1, -0.05) is 30.3 Å². The molecule has 0 bridgehead atoms. The molecule has 14 heteroatoms. The molecule has 3 aromatic rings. The molecule has 2 aromatic carbocycles. The molecule has 0 saturated heterocycles. The lowest BCUT2D eigenvalue weighted by Gasteiger charge is -2.27. The molecule has 0 radical (unpaired) electrons. The Morgan fingerprint density at radius 2 is 1.67 bits per heavy atom. The number of benzene rings is 2. The number of alkyl halides is 3. The third-order valence-corrected chi connectivity index (χ3v) is 6.31. The zero-order chi connectivity index (χ0) is 25.6. The summed E-state index contributed by atoms with van der Waals surface area (Å²) in [6, 6.07) is 13.6. The van der Waals surface area contributed by atoms with E-state index in [4.69, 9.17) is 5.73 Å². The van der Waals surface area contributed by atoms with Crippen molar-refractivity contribution in [1.29, 1.82) is 0 Å². The summed E-state index contributed by atoms with van der Waals surface area (Å²) in [5.74, 6) is -2.31. The first-order valence-electron chi connectivity index (χ1n) is 9.83. The van der Waals surface area contributed by atoms with Gasteiger partial charge >= 0.3 is 15.6 Å². The van der Waals surface area contributed by atoms with Crippen molar-refractivity contribution in [3.63, 3.8) is 0 Å². The van der Waals surface area contributed by atoms with E-state index in [1.807, 2.05) is 0 Å². The largest absolute Gasteiger partial charge is 0.534 e. The van der Waals surface area contributed by atoms with Crippen LogP contribution in [0.15, 0.2) is 71.9 Å². The molecule has 1 aliphatic rings. The second-order valence-corrected chi connectivity index (χ2v) is 9.02. The van der Waals surface area contributed by atoms with Crippen molar-refractivity contribution in [3.05, 3.63) is 83.9 Å². The predicted molar refractivity (Wildman–Crippen MR) is 124 cm³/mol. The van der Waals surface area contributed by atoms with Gasteiger partial charge < -0.3 is 9.92 Å². The van der Waals surface area contributed by atoms with Gasteiger partial charge in [-0.2, -0.15) is 26.0 Å². The third kappa shape index (κ3) is 4.46. The molecule has 1 aliphatic heterocycles. The molecule has 0 fully saturated rings. The van der Waals surface area contributed by atoms with Gasteiger partial charge in [-0.25, -0.2) is 9.98 Å². The van der Waals surface area contributed by atoms with Gasteiger partial charge in [0.15, 0.2) is 11.5 Å². The number of guanidine groups is 1. The van der Waals surface area contributed by atoms with E-state index in [1.54, 1.807) is 6.07 Å². The van der Waals surface area contributed by atoms with Gasteiger partial charge in [-0.15, -0.1) is 12.4 Å². The Bertz CT molecular complexity index is 1470. The van der Waals surface area contributed by atoms with Crippen molar-refractivity contribution in [1.82, 2.24) is 9.88 Å². The summed E-state index contributed by atoms with van der Waals surface area (Å²) in [7, 11) is -4.61. The first-order chi connectivity index (χ1) is 16.4. The molecule has 1 aromatic heterocycles. The molecule has 1 unspecified atom stereocenters. The van der Waals surface area contributed by atoms with E-state index < -0.39 is 38.8 Å². The van der Waals surface area contributed by atoms with E-state index in [9.17, 15) is 30.8 Å². The van der Waals surface area contributed by atoms with Gasteiger partial charge in [0.25, 0.3) is 5.91 Å². The molecular formula is C22H17ClF4N4O4S. The molecule has 36 heavy (non-hydrogen) atoms. The zero-order valence-electron chi connectivity index (χ0n) is 18.2. The molecular weight excluding hydrogens is 528 g/mol. The second kappa shape index (κ2) is 9.39. The molecule has 2 N–H and O–H groups in total. The average molecular weight is 545 g/mol. The van der Waals surface area contributed by atoms with Gasteiger partial charge in [0, 0.05) is 18.8 Å². The van der Waals surface area contributed by atoms with Crippen molar-refractivity contribution in [2.24, 2.45) is 10.7 Å². The second-order valence-electron chi connectivity index (χ2n) is 7.48. The number of carbonyl (C=O) groups is 1. The quantitative estimate of drug-likeness (QED) is 0.227. The molecule has 0 aliphatic carbocycles. The summed E-state index contributed by atoms with van der Waals surface area (Å²) in [4.78, 5) is 22.4. The van der Waals surface area contributed by atoms with Crippen molar-refractivity contribution in [2.45, 2.75) is 11.0 Å². The van der Waals surface area contributed by atoms with Gasteiger partial charge in [-0.3, -0.25) is 9.69 Å². The molecule has 1 atom stereocenters. The third-order valence-electron chi connectivity index (χ3n) is 5.33. The number of carbonyl (C=O) groups excluding carboxylic acids is 1. The van der Waals surface area contributed by atoms with Crippen LogP contribution >= 0.6 is 12.4 Å². The van der Waals surface area contributed by atoms with Crippen molar-refractivity contribution < 1.29 is 35.0 Å². The van der Waals surface area contributed by atoms with Crippen LogP contribution in [0.25, 0.3) is 11.1 Å². The number of rotatable bonds is 5. The van der Waals surface area contributed by atoms with Crippen LogP contribution in [-0.4, -0.2) is 42.7 Å². The highest BCUT2D eigenvalue weighted by Crippen LogP contribution is 2.42. The maximum Gasteiger partial charge on any atom is 0.534 e. The first kappa shape index (κ1) is 26.9. The Labute approximate surface area is 209 Å².